The van der Waals surface area contributed by atoms with Crippen molar-refractivity contribution in [1.82, 2.24) is 0 Å². The van der Waals surface area contributed by atoms with E-state index in [0.29, 0.717) is 13.0 Å². The fourth-order valence-electron chi connectivity index (χ4n) is 2.91. The molecule has 0 bridgehead atoms. The molecule has 2 N–H and O–H groups in total. The highest BCUT2D eigenvalue weighted by atomic mass is 31.2. The molecule has 0 aliphatic rings. The maximum Gasteiger partial charge on any atom is 0.471 e. The van der Waals surface area contributed by atoms with Crippen molar-refractivity contribution in [1.29, 1.82) is 0 Å². The van der Waals surface area contributed by atoms with Crippen LogP contribution < -0.4 is 0 Å². The van der Waals surface area contributed by atoms with Gasteiger partial charge in [-0.2, -0.15) is 0 Å². The minimum atomic E-state index is -4.62. The number of phosphoric ester groups is 1. The molecule has 2 atom stereocenters. The number of ether oxygens (including phenoxy) is 2. The van der Waals surface area contributed by atoms with E-state index in [1.54, 1.807) is 6.92 Å². The second kappa shape index (κ2) is 15.1. The SMILES string of the molecule is CCCCCCCCCCCOC(OC(CC)OP(=O)(O)O)c1ccccc1. The summed E-state index contributed by atoms with van der Waals surface area (Å²) in [4.78, 5) is 18.1. The fraction of sp³-hybridized carbons (Fsp3) is 0.714. The molecule has 0 radical (unpaired) electrons. The third-order valence-corrected chi connectivity index (χ3v) is 4.96. The molecule has 162 valence electrons. The van der Waals surface area contributed by atoms with Gasteiger partial charge in [-0.05, 0) is 12.8 Å². The predicted molar refractivity (Wildman–Crippen MR) is 111 cm³/mol. The van der Waals surface area contributed by atoms with Crippen molar-refractivity contribution < 1.29 is 28.3 Å². The van der Waals surface area contributed by atoms with Crippen LogP contribution >= 0.6 is 7.82 Å². The molecule has 2 unspecified atom stereocenters. The second-order valence-corrected chi connectivity index (χ2v) is 8.20. The largest absolute Gasteiger partial charge is 0.471 e. The number of unbranched alkanes of at least 4 members (excludes halogenated alkanes) is 8. The molecule has 0 heterocycles. The molecule has 28 heavy (non-hydrogen) atoms. The van der Waals surface area contributed by atoms with Crippen molar-refractivity contribution in [2.45, 2.75) is 90.6 Å². The van der Waals surface area contributed by atoms with Gasteiger partial charge in [-0.3, -0.25) is 4.52 Å². The van der Waals surface area contributed by atoms with Crippen LogP contribution in [0, 0.1) is 0 Å². The Labute approximate surface area is 169 Å². The summed E-state index contributed by atoms with van der Waals surface area (Å²) in [7, 11) is -4.62. The zero-order valence-corrected chi connectivity index (χ0v) is 18.2. The maximum absolute atomic E-state index is 11.1. The molecule has 0 aromatic heterocycles. The highest BCUT2D eigenvalue weighted by molar-refractivity contribution is 7.46. The molecule has 6 nitrogen and oxygen atoms in total. The highest BCUT2D eigenvalue weighted by Crippen LogP contribution is 2.39. The molecule has 0 amide bonds. The van der Waals surface area contributed by atoms with Crippen LogP contribution in [0.3, 0.4) is 0 Å². The quantitative estimate of drug-likeness (QED) is 0.181. The first-order valence-electron chi connectivity index (χ1n) is 10.5. The van der Waals surface area contributed by atoms with Crippen molar-refractivity contribution in [3.8, 4) is 0 Å². The van der Waals surface area contributed by atoms with E-state index >= 15 is 0 Å². The summed E-state index contributed by atoms with van der Waals surface area (Å²) in [6, 6.07) is 9.37. The monoisotopic (exact) mass is 416 g/mol. The summed E-state index contributed by atoms with van der Waals surface area (Å²) in [6.45, 7) is 4.50. The Hall–Kier alpha value is -0.750. The Kier molecular flexibility index (Phi) is 13.7. The topological polar surface area (TPSA) is 85.2 Å². The lowest BCUT2D eigenvalue weighted by Gasteiger charge is -2.24. The van der Waals surface area contributed by atoms with Crippen LogP contribution in [0.5, 0.6) is 0 Å². The third kappa shape index (κ3) is 12.7. The maximum atomic E-state index is 11.1. The van der Waals surface area contributed by atoms with Gasteiger partial charge in [-0.15, -0.1) is 0 Å². The van der Waals surface area contributed by atoms with Crippen molar-refractivity contribution in [3.05, 3.63) is 35.9 Å². The van der Waals surface area contributed by atoms with E-state index < -0.39 is 20.4 Å². The van der Waals surface area contributed by atoms with E-state index in [9.17, 15) is 4.57 Å². The summed E-state index contributed by atoms with van der Waals surface area (Å²) in [5.41, 5.74) is 0.797. The first-order valence-corrected chi connectivity index (χ1v) is 12.0. The van der Waals surface area contributed by atoms with Crippen LogP contribution in [0.1, 0.15) is 89.9 Å². The number of hydrogen-bond donors (Lipinski definition) is 2. The third-order valence-electron chi connectivity index (χ3n) is 4.45. The molecule has 0 spiro atoms. The van der Waals surface area contributed by atoms with Gasteiger partial charge in [0, 0.05) is 5.56 Å². The summed E-state index contributed by atoms with van der Waals surface area (Å²) in [5, 5.41) is 0. The van der Waals surface area contributed by atoms with E-state index in [-0.39, 0.29) is 0 Å². The number of hydrogen-bond acceptors (Lipinski definition) is 4. The number of phosphoric acid groups is 1. The van der Waals surface area contributed by atoms with Crippen molar-refractivity contribution in [3.63, 3.8) is 0 Å². The van der Waals surface area contributed by atoms with E-state index in [2.05, 4.69) is 6.92 Å². The average molecular weight is 416 g/mol. The predicted octanol–water partition coefficient (Wildman–Crippen LogP) is 6.09. The lowest BCUT2D eigenvalue weighted by atomic mass is 10.1. The van der Waals surface area contributed by atoms with Crippen LogP contribution in [-0.2, 0) is 18.6 Å². The van der Waals surface area contributed by atoms with E-state index in [4.69, 9.17) is 23.8 Å². The molecule has 0 aliphatic heterocycles. The summed E-state index contributed by atoms with van der Waals surface area (Å²) >= 11 is 0. The van der Waals surface area contributed by atoms with Gasteiger partial charge in [0.05, 0.1) is 6.61 Å². The van der Waals surface area contributed by atoms with Crippen LogP contribution in [0.2, 0.25) is 0 Å². The van der Waals surface area contributed by atoms with Gasteiger partial charge in [0.1, 0.15) is 0 Å². The molecule has 7 heteroatoms. The second-order valence-electron chi connectivity index (χ2n) is 7.01. The molecular weight excluding hydrogens is 379 g/mol. The van der Waals surface area contributed by atoms with Gasteiger partial charge in [0.2, 0.25) is 0 Å². The zero-order chi connectivity index (χ0) is 20.7. The van der Waals surface area contributed by atoms with Crippen LogP contribution in [0.4, 0.5) is 0 Å². The van der Waals surface area contributed by atoms with E-state index in [0.717, 1.165) is 18.4 Å². The van der Waals surface area contributed by atoms with Gasteiger partial charge in [0.25, 0.3) is 0 Å². The van der Waals surface area contributed by atoms with Gasteiger partial charge >= 0.3 is 7.82 Å². The summed E-state index contributed by atoms with van der Waals surface area (Å²) < 4.78 is 27.4. The molecule has 1 aromatic rings. The number of benzene rings is 1. The van der Waals surface area contributed by atoms with Gasteiger partial charge in [-0.1, -0.05) is 95.5 Å². The standard InChI is InChI=1S/C21H37O6P/c1-3-5-6-7-8-9-10-11-15-18-25-21(19-16-13-12-14-17-19)26-20(4-2)27-28(22,23)24/h12-14,16-17,20-21H,3-11,15,18H2,1-2H3,(H2,22,23,24). The highest BCUT2D eigenvalue weighted by Gasteiger charge is 2.25. The van der Waals surface area contributed by atoms with Crippen LogP contribution in [0.15, 0.2) is 30.3 Å². The Bertz CT molecular complexity index is 533. The average Bonchev–Trinajstić information content (AvgIpc) is 2.67. The Balaban J connectivity index is 2.38. The molecule has 0 aliphatic carbocycles. The van der Waals surface area contributed by atoms with Gasteiger partial charge < -0.3 is 19.3 Å². The first-order chi connectivity index (χ1) is 13.5. The van der Waals surface area contributed by atoms with Crippen LogP contribution in [0.25, 0.3) is 0 Å². The van der Waals surface area contributed by atoms with E-state index in [1.807, 2.05) is 30.3 Å². The molecule has 0 fully saturated rings. The molecular formula is C21H37O6P. The van der Waals surface area contributed by atoms with E-state index in [1.165, 1.54) is 44.9 Å². The first kappa shape index (κ1) is 25.3. The van der Waals surface area contributed by atoms with Gasteiger partial charge in [0.15, 0.2) is 12.6 Å². The van der Waals surface area contributed by atoms with Crippen LogP contribution in [-0.4, -0.2) is 22.7 Å². The van der Waals surface area contributed by atoms with Crippen molar-refractivity contribution in [2.75, 3.05) is 6.61 Å². The number of rotatable bonds is 17. The summed E-state index contributed by atoms with van der Waals surface area (Å²) in [6.07, 6.45) is 9.62. The fourth-order valence-corrected chi connectivity index (χ4v) is 3.42. The molecule has 0 saturated carbocycles. The Morgan fingerprint density at radius 1 is 0.893 bits per heavy atom. The Morgan fingerprint density at radius 2 is 1.46 bits per heavy atom. The zero-order valence-electron chi connectivity index (χ0n) is 17.3. The smallest absolute Gasteiger partial charge is 0.348 e. The molecule has 0 saturated heterocycles. The summed E-state index contributed by atoms with van der Waals surface area (Å²) in [5.74, 6) is 0. The molecule has 1 aromatic carbocycles. The van der Waals surface area contributed by atoms with Crippen molar-refractivity contribution >= 4 is 7.82 Å². The minimum absolute atomic E-state index is 0.301. The van der Waals surface area contributed by atoms with Crippen molar-refractivity contribution in [2.24, 2.45) is 0 Å². The normalized spacial score (nSPS) is 14.1. The van der Waals surface area contributed by atoms with Gasteiger partial charge in [-0.25, -0.2) is 4.57 Å². The minimum Gasteiger partial charge on any atom is -0.348 e. The lowest BCUT2D eigenvalue weighted by Crippen LogP contribution is -2.21. The lowest BCUT2D eigenvalue weighted by molar-refractivity contribution is -0.228. The molecule has 1 rings (SSSR count). The Morgan fingerprint density at radius 3 is 2.00 bits per heavy atom.